The quantitative estimate of drug-likeness (QED) is 0.855. The molecule has 0 fully saturated rings. The van der Waals surface area contributed by atoms with Gasteiger partial charge in [-0.25, -0.2) is 4.39 Å². The van der Waals surface area contributed by atoms with E-state index in [0.29, 0.717) is 17.8 Å². The summed E-state index contributed by atoms with van der Waals surface area (Å²) in [4.78, 5) is 1.90. The number of rotatable bonds is 3. The van der Waals surface area contributed by atoms with Gasteiger partial charge >= 0.3 is 0 Å². The molecule has 0 heterocycles. The molecule has 0 atom stereocenters. The van der Waals surface area contributed by atoms with Gasteiger partial charge in [0.1, 0.15) is 5.82 Å². The van der Waals surface area contributed by atoms with E-state index in [1.54, 1.807) is 24.3 Å². The topological polar surface area (TPSA) is 53.0 Å². The number of nitriles is 1. The molecule has 0 aromatic heterocycles. The number of hydrogen-bond acceptors (Lipinski definition) is 3. The Morgan fingerprint density at radius 2 is 2.05 bits per heavy atom. The molecule has 0 unspecified atom stereocenters. The van der Waals surface area contributed by atoms with Crippen LogP contribution in [-0.2, 0) is 0 Å². The van der Waals surface area contributed by atoms with Crippen molar-refractivity contribution in [2.45, 2.75) is 6.92 Å². The highest BCUT2D eigenvalue weighted by Crippen LogP contribution is 2.31. The molecule has 2 N–H and O–H groups in total. The molecule has 2 rings (SSSR count). The molecule has 2 aromatic rings. The van der Waals surface area contributed by atoms with Crippen molar-refractivity contribution in [3.63, 3.8) is 0 Å². The Bertz CT molecular complexity index is 632. The van der Waals surface area contributed by atoms with E-state index in [4.69, 9.17) is 11.0 Å². The Kier molecular flexibility index (Phi) is 3.67. The van der Waals surface area contributed by atoms with Gasteiger partial charge in [-0.15, -0.1) is 0 Å². The van der Waals surface area contributed by atoms with Crippen LogP contribution in [0.5, 0.6) is 0 Å². The first-order valence-corrected chi connectivity index (χ1v) is 5.98. The average molecular weight is 255 g/mol. The minimum Gasteiger partial charge on any atom is -0.397 e. The smallest absolute Gasteiger partial charge is 0.125 e. The maximum atomic E-state index is 13.3. The van der Waals surface area contributed by atoms with Crippen LogP contribution in [0.3, 0.4) is 0 Å². The first-order valence-electron chi connectivity index (χ1n) is 5.98. The second-order valence-electron chi connectivity index (χ2n) is 4.11. The molecule has 0 amide bonds. The number of nitrogens with two attached hydrogens (primary N) is 1. The molecule has 0 aliphatic carbocycles. The molecule has 0 saturated carbocycles. The minimum atomic E-state index is -0.289. The Hall–Kier alpha value is -2.54. The molecular weight excluding hydrogens is 241 g/mol. The van der Waals surface area contributed by atoms with Crippen molar-refractivity contribution < 1.29 is 4.39 Å². The summed E-state index contributed by atoms with van der Waals surface area (Å²) in [6.07, 6.45) is 0. The van der Waals surface area contributed by atoms with Crippen molar-refractivity contribution in [2.24, 2.45) is 0 Å². The second kappa shape index (κ2) is 5.40. The molecule has 0 radical (unpaired) electrons. The molecule has 3 nitrogen and oxygen atoms in total. The van der Waals surface area contributed by atoms with Gasteiger partial charge in [0.2, 0.25) is 0 Å². The van der Waals surface area contributed by atoms with E-state index in [1.807, 2.05) is 24.0 Å². The van der Waals surface area contributed by atoms with Crippen LogP contribution < -0.4 is 10.6 Å². The first-order chi connectivity index (χ1) is 9.15. The number of nitrogen functional groups attached to an aromatic ring is 1. The van der Waals surface area contributed by atoms with E-state index < -0.39 is 0 Å². The van der Waals surface area contributed by atoms with Gasteiger partial charge in [0, 0.05) is 12.2 Å². The van der Waals surface area contributed by atoms with Crippen molar-refractivity contribution >= 4 is 17.1 Å². The van der Waals surface area contributed by atoms with Gasteiger partial charge in [0.15, 0.2) is 0 Å². The van der Waals surface area contributed by atoms with Crippen LogP contribution in [0, 0.1) is 17.1 Å². The number of hydrogen-bond donors (Lipinski definition) is 1. The van der Waals surface area contributed by atoms with Gasteiger partial charge in [-0.2, -0.15) is 5.26 Å². The van der Waals surface area contributed by atoms with Crippen molar-refractivity contribution in [3.05, 3.63) is 53.8 Å². The predicted molar refractivity (Wildman–Crippen MR) is 74.6 cm³/mol. The first kappa shape index (κ1) is 12.9. The third kappa shape index (κ3) is 2.66. The van der Waals surface area contributed by atoms with E-state index in [1.165, 1.54) is 12.1 Å². The Balaban J connectivity index is 2.46. The van der Waals surface area contributed by atoms with E-state index in [2.05, 4.69) is 0 Å². The third-order valence-corrected chi connectivity index (χ3v) is 2.88. The summed E-state index contributed by atoms with van der Waals surface area (Å²) in [7, 11) is 0. The average Bonchev–Trinajstić information content (AvgIpc) is 2.41. The summed E-state index contributed by atoms with van der Waals surface area (Å²) in [6.45, 7) is 2.61. The minimum absolute atomic E-state index is 0.289. The molecular formula is C15H14FN3. The largest absolute Gasteiger partial charge is 0.397 e. The predicted octanol–water partition coefficient (Wildman–Crippen LogP) is 3.44. The fraction of sp³-hybridized carbons (Fsp3) is 0.133. The standard InChI is InChI=1S/C15H14FN3/c1-2-19(13-5-3-4-12(16)9-13)15-7-6-11(10-17)8-14(15)18/h3-9H,2,18H2,1H3. The lowest BCUT2D eigenvalue weighted by molar-refractivity contribution is 0.627. The van der Waals surface area contributed by atoms with E-state index in [9.17, 15) is 4.39 Å². The molecule has 19 heavy (non-hydrogen) atoms. The lowest BCUT2D eigenvalue weighted by Crippen LogP contribution is -2.17. The zero-order valence-electron chi connectivity index (χ0n) is 10.6. The lowest BCUT2D eigenvalue weighted by Gasteiger charge is -2.24. The molecule has 0 aliphatic rings. The summed E-state index contributed by atoms with van der Waals surface area (Å²) in [5.41, 5.74) is 8.48. The monoisotopic (exact) mass is 255 g/mol. The maximum Gasteiger partial charge on any atom is 0.125 e. The second-order valence-corrected chi connectivity index (χ2v) is 4.11. The number of anilines is 3. The van der Waals surface area contributed by atoms with Crippen molar-refractivity contribution in [2.75, 3.05) is 17.2 Å². The van der Waals surface area contributed by atoms with Gasteiger partial charge in [0.05, 0.1) is 23.0 Å². The Labute approximate surface area is 111 Å². The number of nitrogens with zero attached hydrogens (tertiary/aromatic N) is 2. The normalized spacial score (nSPS) is 9.95. The lowest BCUT2D eigenvalue weighted by atomic mass is 10.1. The Morgan fingerprint density at radius 1 is 1.26 bits per heavy atom. The SMILES string of the molecule is CCN(c1cccc(F)c1)c1ccc(C#N)cc1N. The zero-order valence-corrected chi connectivity index (χ0v) is 10.6. The summed E-state index contributed by atoms with van der Waals surface area (Å²) < 4.78 is 13.3. The number of halogens is 1. The third-order valence-electron chi connectivity index (χ3n) is 2.88. The van der Waals surface area contributed by atoms with E-state index in [-0.39, 0.29) is 5.82 Å². The molecule has 0 saturated heterocycles. The van der Waals surface area contributed by atoms with Crippen LogP contribution in [0.25, 0.3) is 0 Å². The van der Waals surface area contributed by atoms with Crippen LogP contribution in [0.1, 0.15) is 12.5 Å². The van der Waals surface area contributed by atoms with Gasteiger partial charge in [0.25, 0.3) is 0 Å². The van der Waals surface area contributed by atoms with Gasteiger partial charge in [-0.3, -0.25) is 0 Å². The van der Waals surface area contributed by atoms with E-state index >= 15 is 0 Å². The van der Waals surface area contributed by atoms with Gasteiger partial charge in [-0.1, -0.05) is 6.07 Å². The van der Waals surface area contributed by atoms with Crippen molar-refractivity contribution in [1.82, 2.24) is 0 Å². The van der Waals surface area contributed by atoms with Crippen LogP contribution in [0.2, 0.25) is 0 Å². The molecule has 4 heteroatoms. The van der Waals surface area contributed by atoms with E-state index in [0.717, 1.165) is 11.4 Å². The summed E-state index contributed by atoms with van der Waals surface area (Å²) >= 11 is 0. The zero-order chi connectivity index (χ0) is 13.8. The Morgan fingerprint density at radius 3 is 2.63 bits per heavy atom. The highest BCUT2D eigenvalue weighted by atomic mass is 19.1. The fourth-order valence-corrected chi connectivity index (χ4v) is 2.01. The number of benzene rings is 2. The van der Waals surface area contributed by atoms with Gasteiger partial charge in [-0.05, 0) is 43.3 Å². The van der Waals surface area contributed by atoms with Gasteiger partial charge < -0.3 is 10.6 Å². The highest BCUT2D eigenvalue weighted by Gasteiger charge is 2.11. The molecule has 0 spiro atoms. The van der Waals surface area contributed by atoms with Crippen molar-refractivity contribution in [3.8, 4) is 6.07 Å². The molecule has 96 valence electrons. The molecule has 0 bridgehead atoms. The van der Waals surface area contributed by atoms with Crippen LogP contribution >= 0.6 is 0 Å². The van der Waals surface area contributed by atoms with Crippen molar-refractivity contribution in [1.29, 1.82) is 5.26 Å². The van der Waals surface area contributed by atoms with Crippen LogP contribution in [0.4, 0.5) is 21.5 Å². The van der Waals surface area contributed by atoms with Crippen LogP contribution in [-0.4, -0.2) is 6.54 Å². The highest BCUT2D eigenvalue weighted by molar-refractivity contribution is 5.76. The van der Waals surface area contributed by atoms with Crippen LogP contribution in [0.15, 0.2) is 42.5 Å². The maximum absolute atomic E-state index is 13.3. The molecule has 2 aromatic carbocycles. The molecule has 0 aliphatic heterocycles. The summed E-state index contributed by atoms with van der Waals surface area (Å²) in [5.74, 6) is -0.289. The fourth-order valence-electron chi connectivity index (χ4n) is 2.01. The summed E-state index contributed by atoms with van der Waals surface area (Å²) in [5, 5.41) is 8.83. The summed E-state index contributed by atoms with van der Waals surface area (Å²) in [6, 6.07) is 13.5.